The summed E-state index contributed by atoms with van der Waals surface area (Å²) in [5, 5.41) is 9.84. The smallest absolute Gasteiger partial charge is 0.411 e. The Kier molecular flexibility index (Phi) is 43.8. The van der Waals surface area contributed by atoms with Gasteiger partial charge in [0.2, 0.25) is 0 Å². The molecule has 1 aromatic carbocycles. The van der Waals surface area contributed by atoms with Crippen LogP contribution in [0.4, 0.5) is 38.4 Å². The quantitative estimate of drug-likeness (QED) is 0.115. The highest BCUT2D eigenvalue weighted by Gasteiger charge is 2.58. The number of rotatable bonds is 12. The number of aliphatic hydroxyl groups excluding tert-OH is 1. The monoisotopic (exact) mass is 1740 g/mol. The van der Waals surface area contributed by atoms with Crippen LogP contribution in [0.1, 0.15) is 222 Å². The number of benzene rings is 1. The number of aliphatic hydroxyl groups is 1. The summed E-state index contributed by atoms with van der Waals surface area (Å²) in [6.07, 6.45) is -5.02. The molecule has 0 aliphatic carbocycles. The van der Waals surface area contributed by atoms with Crippen molar-refractivity contribution < 1.29 is 129 Å². The van der Waals surface area contributed by atoms with Crippen molar-refractivity contribution in [2.75, 3.05) is 127 Å². The zero-order valence-corrected chi connectivity index (χ0v) is 76.4. The Morgan fingerprint density at radius 2 is 0.642 bits per heavy atom. The fourth-order valence-corrected chi connectivity index (χ4v) is 12.2. The molecule has 4 heterocycles. The standard InChI is InChI=1S/C24H36N2O7.C23H44N2O7Si.C17H30N2O7.C16H28N2O6.4CH4/c1-22(2,3)32-20(28)25-13-14-26(21(29)33-23(4,5)6)24(16-25,19(27)30-7)17-31-15-18-11-9-8-10-12-18;1-20(2,3)31-18(27)24-13-14-25(19(28)32-21(4,5)6)23(15-24,17(26)29-10)16-30-33(11,12)22(7,8)9;1-15(2,3)25-13(22)18-8-9-19(14(23)26-16(4,5)6)17(10-18,11-20)12(21)24-7;1-15(2,3)23-13(20)17-8-9-18(11(10-17)12(19)22-7)14(21)24-16(4,5)6;;;;/h8-12H,13-17H2,1-7H3;13-16H2,1-12H3;20H,8-11H2,1-7H3;11H,8-10H2,1-7H3;4*1H4. The molecule has 4 aliphatic heterocycles. The molecule has 8 amide bonds. The summed E-state index contributed by atoms with van der Waals surface area (Å²) in [6.45, 7) is 52.0. The zero-order valence-electron chi connectivity index (χ0n) is 75.4. The van der Waals surface area contributed by atoms with Gasteiger partial charge in [-0.3, -0.25) is 19.6 Å². The molecule has 1 aromatic rings. The van der Waals surface area contributed by atoms with Crippen LogP contribution in [-0.4, -0.2) is 320 Å². The van der Waals surface area contributed by atoms with Crippen LogP contribution in [0.2, 0.25) is 18.1 Å². The molecule has 0 radical (unpaired) electrons. The van der Waals surface area contributed by atoms with Crippen molar-refractivity contribution >= 4 is 80.9 Å². The fourth-order valence-electron chi connectivity index (χ4n) is 11.2. The SMILES string of the molecule is C.C.C.C.COC(=O)C1(CO)CN(C(=O)OC(C)(C)C)CCN1C(=O)OC(C)(C)C.COC(=O)C1(COCc2ccccc2)CN(C(=O)OC(C)(C)C)CCN1C(=O)OC(C)(C)C.COC(=O)C1(CO[Si](C)(C)C(C)(C)C)CN(C(=O)OC(C)(C)C)CCN1C(=O)OC(C)(C)C.COC(=O)C1CN(C(=O)OC(C)(C)C)CCN1C(=O)OC(C)(C)C. The van der Waals surface area contributed by atoms with E-state index >= 15 is 0 Å². The lowest BCUT2D eigenvalue weighted by Crippen LogP contribution is -2.71. The molecule has 1 N–H and O–H groups in total. The Labute approximate surface area is 717 Å². The molecule has 5 rings (SSSR count). The van der Waals surface area contributed by atoms with Gasteiger partial charge in [-0.2, -0.15) is 0 Å². The van der Waals surface area contributed by atoms with Crippen LogP contribution in [0.5, 0.6) is 0 Å². The second-order valence-corrected chi connectivity index (χ2v) is 42.8. The molecule has 0 aromatic heterocycles. The Balaban J connectivity index is -0.00000152. The van der Waals surface area contributed by atoms with Gasteiger partial charge in [0.15, 0.2) is 31.0 Å². The molecule has 4 fully saturated rings. The molecule has 0 saturated carbocycles. The second-order valence-electron chi connectivity index (χ2n) is 38.0. The molecule has 35 nitrogen and oxygen atoms in total. The Hall–Kier alpha value is -8.64. The van der Waals surface area contributed by atoms with Crippen molar-refractivity contribution in [1.82, 2.24) is 39.2 Å². The molecule has 0 bridgehead atoms. The maximum Gasteiger partial charge on any atom is 0.411 e. The Morgan fingerprint density at radius 1 is 0.367 bits per heavy atom. The highest BCUT2D eigenvalue weighted by molar-refractivity contribution is 6.74. The van der Waals surface area contributed by atoms with Crippen molar-refractivity contribution in [2.45, 2.75) is 309 Å². The van der Waals surface area contributed by atoms with Crippen LogP contribution in [0.25, 0.3) is 0 Å². The van der Waals surface area contributed by atoms with E-state index in [0.717, 1.165) is 17.6 Å². The third-order valence-electron chi connectivity index (χ3n) is 17.5. The molecule has 4 saturated heterocycles. The predicted octanol–water partition coefficient (Wildman–Crippen LogP) is 13.9. The topological polar surface area (TPSA) is 380 Å². The van der Waals surface area contributed by atoms with Gasteiger partial charge in [-0.1, -0.05) is 80.8 Å². The van der Waals surface area contributed by atoms with Gasteiger partial charge in [-0.15, -0.1) is 0 Å². The predicted molar refractivity (Wildman–Crippen MR) is 456 cm³/mol. The summed E-state index contributed by atoms with van der Waals surface area (Å²) in [4.78, 5) is 163. The number of nitrogens with zero attached hydrogens (tertiary/aromatic N) is 8. The largest absolute Gasteiger partial charge is 0.467 e. The van der Waals surface area contributed by atoms with E-state index in [1.54, 1.807) is 166 Å². The highest BCUT2D eigenvalue weighted by Crippen LogP contribution is 2.39. The number of hydrogen-bond acceptors (Lipinski definition) is 27. The van der Waals surface area contributed by atoms with Crippen molar-refractivity contribution in [3.05, 3.63) is 35.9 Å². The van der Waals surface area contributed by atoms with Gasteiger partial charge < -0.3 is 90.7 Å². The summed E-state index contributed by atoms with van der Waals surface area (Å²) in [5.74, 6) is -2.80. The van der Waals surface area contributed by atoms with Gasteiger partial charge in [0, 0.05) is 52.4 Å². The van der Waals surface area contributed by atoms with Crippen LogP contribution >= 0.6 is 0 Å². The first kappa shape index (κ1) is 116. The molecule has 4 atom stereocenters. The number of piperazine rings is 4. The molecule has 0 spiro atoms. The number of ether oxygens (including phenoxy) is 13. The van der Waals surface area contributed by atoms with Crippen LogP contribution in [0.3, 0.4) is 0 Å². The number of esters is 4. The average Bonchev–Trinajstić information content (AvgIpc) is 0.767. The van der Waals surface area contributed by atoms with Gasteiger partial charge in [0.25, 0.3) is 0 Å². The summed E-state index contributed by atoms with van der Waals surface area (Å²) < 4.78 is 75.6. The van der Waals surface area contributed by atoms with E-state index in [1.165, 1.54) is 55.6 Å². The van der Waals surface area contributed by atoms with E-state index < -0.39 is 155 Å². The van der Waals surface area contributed by atoms with E-state index in [-0.39, 0.29) is 133 Å². The van der Waals surface area contributed by atoms with Crippen molar-refractivity contribution in [3.8, 4) is 0 Å². The number of amides is 8. The Morgan fingerprint density at radius 3 is 0.942 bits per heavy atom. The van der Waals surface area contributed by atoms with Crippen LogP contribution in [0, 0.1) is 0 Å². The third kappa shape index (κ3) is 36.2. The summed E-state index contributed by atoms with van der Waals surface area (Å²) in [5.41, 5.74) is -9.78. The second kappa shape index (κ2) is 45.5. The van der Waals surface area contributed by atoms with Crippen molar-refractivity contribution in [3.63, 3.8) is 0 Å². The Bertz CT molecular complexity index is 3500. The minimum atomic E-state index is -2.31. The summed E-state index contributed by atoms with van der Waals surface area (Å²) in [6, 6.07) is 8.52. The van der Waals surface area contributed by atoms with Crippen molar-refractivity contribution in [1.29, 1.82) is 0 Å². The summed E-state index contributed by atoms with van der Waals surface area (Å²) in [7, 11) is 2.57. The minimum Gasteiger partial charge on any atom is -0.467 e. The molecule has 36 heteroatoms. The average molecular weight is 1740 g/mol. The molecular weight excluding hydrogens is 1580 g/mol. The van der Waals surface area contributed by atoms with Crippen LogP contribution in [0.15, 0.2) is 30.3 Å². The highest BCUT2D eigenvalue weighted by atomic mass is 28.4. The molecule has 696 valence electrons. The maximum absolute atomic E-state index is 13.3. The van der Waals surface area contributed by atoms with Crippen LogP contribution in [-0.2, 0) is 91.8 Å². The first-order valence-corrected chi connectivity index (χ1v) is 41.6. The number of methoxy groups -OCH3 is 4. The lowest BCUT2D eigenvalue weighted by molar-refractivity contribution is -0.165. The van der Waals surface area contributed by atoms with Crippen LogP contribution < -0.4 is 0 Å². The normalized spacial score (nSPS) is 19.2. The van der Waals surface area contributed by atoms with E-state index in [1.807, 2.05) is 30.3 Å². The van der Waals surface area contributed by atoms with Gasteiger partial charge in [0.05, 0.1) is 81.0 Å². The van der Waals surface area contributed by atoms with E-state index in [0.29, 0.717) is 0 Å². The minimum absolute atomic E-state index is 0. The van der Waals surface area contributed by atoms with E-state index in [9.17, 15) is 62.6 Å². The van der Waals surface area contributed by atoms with E-state index in [2.05, 4.69) is 33.9 Å². The van der Waals surface area contributed by atoms with Gasteiger partial charge >= 0.3 is 72.6 Å². The van der Waals surface area contributed by atoms with Gasteiger partial charge in [0.1, 0.15) is 44.8 Å². The molecular formula is C84H154N8O27Si. The molecule has 120 heavy (non-hydrogen) atoms. The number of hydrogen-bond donors (Lipinski definition) is 1. The lowest BCUT2D eigenvalue weighted by Gasteiger charge is -2.49. The lowest BCUT2D eigenvalue weighted by atomic mass is 9.94. The fraction of sp³-hybridized carbons (Fsp3) is 0.786. The number of carbonyl (C=O) groups is 12. The molecule has 4 aliphatic rings. The van der Waals surface area contributed by atoms with E-state index in [4.69, 9.17) is 66.0 Å². The van der Waals surface area contributed by atoms with Gasteiger partial charge in [-0.25, -0.2) is 57.5 Å². The maximum atomic E-state index is 13.3. The first-order chi connectivity index (χ1) is 52.5. The third-order valence-corrected chi connectivity index (χ3v) is 22.0. The summed E-state index contributed by atoms with van der Waals surface area (Å²) >= 11 is 0. The zero-order chi connectivity index (χ0) is 90.0. The van der Waals surface area contributed by atoms with Crippen molar-refractivity contribution in [2.24, 2.45) is 0 Å². The first-order valence-electron chi connectivity index (χ1n) is 38.6. The van der Waals surface area contributed by atoms with Gasteiger partial charge in [-0.05, 0) is 190 Å². The molecule has 4 unspecified atom stereocenters. The number of carbonyl (C=O) groups excluding carboxylic acids is 12.